The summed E-state index contributed by atoms with van der Waals surface area (Å²) in [6.07, 6.45) is -4.80. The first-order chi connectivity index (χ1) is 9.82. The lowest BCUT2D eigenvalue weighted by molar-refractivity contribution is -0.141. The van der Waals surface area contributed by atoms with E-state index >= 15 is 0 Å². The summed E-state index contributed by atoms with van der Waals surface area (Å²) in [7, 11) is 0. The number of nitrogens with zero attached hydrogens (tertiary/aromatic N) is 1. The van der Waals surface area contributed by atoms with Gasteiger partial charge in [-0.25, -0.2) is 9.78 Å². The molecular formula is C13H10F3NO3S. The zero-order valence-corrected chi connectivity index (χ0v) is 11.6. The fourth-order valence-corrected chi connectivity index (χ4v) is 2.57. The Balaban J connectivity index is 2.43. The molecule has 0 saturated heterocycles. The van der Waals surface area contributed by atoms with Gasteiger partial charge in [0, 0.05) is 5.56 Å². The Morgan fingerprint density at radius 3 is 2.38 bits per heavy atom. The molecule has 0 radical (unpaired) electrons. The van der Waals surface area contributed by atoms with Crippen molar-refractivity contribution in [1.82, 2.24) is 4.98 Å². The average Bonchev–Trinajstić information content (AvgIpc) is 2.85. The zero-order chi connectivity index (χ0) is 15.6. The van der Waals surface area contributed by atoms with Crippen LogP contribution in [0.2, 0.25) is 0 Å². The number of benzene rings is 1. The fourth-order valence-electron chi connectivity index (χ4n) is 1.64. The maximum absolute atomic E-state index is 12.8. The van der Waals surface area contributed by atoms with Crippen LogP contribution in [0, 0.1) is 0 Å². The van der Waals surface area contributed by atoms with E-state index in [0.29, 0.717) is 29.3 Å². The summed E-state index contributed by atoms with van der Waals surface area (Å²) in [6, 6.07) is 6.26. The van der Waals surface area contributed by atoms with Gasteiger partial charge in [0.1, 0.15) is 15.6 Å². The van der Waals surface area contributed by atoms with Gasteiger partial charge in [-0.3, -0.25) is 0 Å². The van der Waals surface area contributed by atoms with Crippen LogP contribution < -0.4 is 4.74 Å². The second-order valence-electron chi connectivity index (χ2n) is 3.96. The number of thiazole rings is 1. The summed E-state index contributed by atoms with van der Waals surface area (Å²) in [5.74, 6) is -1.07. The molecule has 1 N–H and O–H groups in total. The molecule has 0 fully saturated rings. The molecular weight excluding hydrogens is 307 g/mol. The topological polar surface area (TPSA) is 59.4 Å². The van der Waals surface area contributed by atoms with Crippen LogP contribution in [0.5, 0.6) is 5.75 Å². The van der Waals surface area contributed by atoms with Crippen molar-refractivity contribution in [1.29, 1.82) is 0 Å². The van der Waals surface area contributed by atoms with E-state index in [4.69, 9.17) is 9.84 Å². The standard InChI is InChI=1S/C13H10F3NO3S/c1-2-20-8-5-3-7(4-6-8)11-17-10(13(14,15)16)9(21-11)12(18)19/h3-6H,2H2,1H3,(H,18,19). The van der Waals surface area contributed by atoms with Gasteiger partial charge in [0.25, 0.3) is 0 Å². The molecule has 1 aromatic carbocycles. The number of halogens is 3. The van der Waals surface area contributed by atoms with Crippen LogP contribution in [-0.4, -0.2) is 22.7 Å². The van der Waals surface area contributed by atoms with Gasteiger partial charge in [0.05, 0.1) is 6.61 Å². The van der Waals surface area contributed by atoms with E-state index in [1.54, 1.807) is 12.1 Å². The van der Waals surface area contributed by atoms with Gasteiger partial charge in [0.15, 0.2) is 5.69 Å². The predicted molar refractivity (Wildman–Crippen MR) is 70.7 cm³/mol. The maximum atomic E-state index is 12.8. The molecule has 0 aliphatic heterocycles. The molecule has 4 nitrogen and oxygen atoms in total. The fraction of sp³-hybridized carbons (Fsp3) is 0.231. The first-order valence-electron chi connectivity index (χ1n) is 5.87. The van der Waals surface area contributed by atoms with Gasteiger partial charge < -0.3 is 9.84 Å². The van der Waals surface area contributed by atoms with Gasteiger partial charge in [-0.15, -0.1) is 11.3 Å². The Bertz CT molecular complexity index is 650. The summed E-state index contributed by atoms with van der Waals surface area (Å²) in [6.45, 7) is 2.28. The van der Waals surface area contributed by atoms with Crippen LogP contribution >= 0.6 is 11.3 Å². The number of aromatic carboxylic acids is 1. The smallest absolute Gasteiger partial charge is 0.435 e. The van der Waals surface area contributed by atoms with Gasteiger partial charge in [-0.05, 0) is 31.2 Å². The third kappa shape index (κ3) is 3.33. The van der Waals surface area contributed by atoms with E-state index in [2.05, 4.69) is 4.98 Å². The molecule has 2 aromatic rings. The van der Waals surface area contributed by atoms with Crippen LogP contribution in [0.3, 0.4) is 0 Å². The lowest BCUT2D eigenvalue weighted by Gasteiger charge is -2.03. The molecule has 0 spiro atoms. The summed E-state index contributed by atoms with van der Waals surface area (Å²) in [5.41, 5.74) is -0.967. The number of carbonyl (C=O) groups is 1. The van der Waals surface area contributed by atoms with Crippen molar-refractivity contribution in [3.05, 3.63) is 34.8 Å². The first-order valence-corrected chi connectivity index (χ1v) is 6.69. The lowest BCUT2D eigenvalue weighted by Crippen LogP contribution is -2.11. The van der Waals surface area contributed by atoms with E-state index in [-0.39, 0.29) is 5.01 Å². The number of ether oxygens (including phenoxy) is 1. The van der Waals surface area contributed by atoms with E-state index in [9.17, 15) is 18.0 Å². The molecule has 112 valence electrons. The summed E-state index contributed by atoms with van der Waals surface area (Å²) < 4.78 is 43.5. The van der Waals surface area contributed by atoms with Crippen LogP contribution in [0.1, 0.15) is 22.3 Å². The summed E-state index contributed by atoms with van der Waals surface area (Å²) in [5, 5.41) is 8.86. The molecule has 1 heterocycles. The van der Waals surface area contributed by atoms with Crippen LogP contribution in [0.4, 0.5) is 13.2 Å². The minimum atomic E-state index is -4.80. The van der Waals surface area contributed by atoms with E-state index in [0.717, 1.165) is 0 Å². The highest BCUT2D eigenvalue weighted by molar-refractivity contribution is 7.17. The van der Waals surface area contributed by atoms with E-state index in [1.165, 1.54) is 12.1 Å². The highest BCUT2D eigenvalue weighted by Crippen LogP contribution is 2.37. The molecule has 1 aromatic heterocycles. The molecule has 8 heteroatoms. The molecule has 21 heavy (non-hydrogen) atoms. The molecule has 0 aliphatic carbocycles. The lowest BCUT2D eigenvalue weighted by atomic mass is 10.2. The number of hydrogen-bond acceptors (Lipinski definition) is 4. The Morgan fingerprint density at radius 1 is 1.33 bits per heavy atom. The molecule has 0 aliphatic rings. The van der Waals surface area contributed by atoms with Gasteiger partial charge in [-0.2, -0.15) is 13.2 Å². The van der Waals surface area contributed by atoms with Crippen LogP contribution in [-0.2, 0) is 6.18 Å². The third-order valence-electron chi connectivity index (χ3n) is 2.50. The average molecular weight is 317 g/mol. The highest BCUT2D eigenvalue weighted by atomic mass is 32.1. The van der Waals surface area contributed by atoms with Crippen LogP contribution in [0.25, 0.3) is 10.6 Å². The molecule has 0 saturated carbocycles. The normalized spacial score (nSPS) is 11.4. The minimum absolute atomic E-state index is 0.00257. The van der Waals surface area contributed by atoms with Crippen molar-refractivity contribution >= 4 is 17.3 Å². The number of alkyl halides is 3. The zero-order valence-electron chi connectivity index (χ0n) is 10.8. The van der Waals surface area contributed by atoms with Crippen LogP contribution in [0.15, 0.2) is 24.3 Å². The Kier molecular flexibility index (Phi) is 4.17. The van der Waals surface area contributed by atoms with Crippen molar-refractivity contribution in [2.24, 2.45) is 0 Å². The SMILES string of the molecule is CCOc1ccc(-c2nc(C(F)(F)F)c(C(=O)O)s2)cc1. The van der Waals surface area contributed by atoms with Crippen molar-refractivity contribution in [2.75, 3.05) is 6.61 Å². The van der Waals surface area contributed by atoms with Crippen molar-refractivity contribution in [3.63, 3.8) is 0 Å². The number of carboxylic acids is 1. The van der Waals surface area contributed by atoms with E-state index < -0.39 is 22.7 Å². The highest BCUT2D eigenvalue weighted by Gasteiger charge is 2.39. The molecule has 0 amide bonds. The second kappa shape index (κ2) is 5.72. The monoisotopic (exact) mass is 317 g/mol. The Labute approximate surface area is 121 Å². The Morgan fingerprint density at radius 2 is 1.95 bits per heavy atom. The Hall–Kier alpha value is -2.09. The number of aromatic nitrogens is 1. The number of hydrogen-bond donors (Lipinski definition) is 1. The van der Waals surface area contributed by atoms with Gasteiger partial charge in [0.2, 0.25) is 0 Å². The number of carboxylic acid groups (broad SMARTS) is 1. The largest absolute Gasteiger partial charge is 0.494 e. The second-order valence-corrected chi connectivity index (χ2v) is 4.96. The minimum Gasteiger partial charge on any atom is -0.494 e. The van der Waals surface area contributed by atoms with Crippen molar-refractivity contribution in [3.8, 4) is 16.3 Å². The predicted octanol–water partition coefficient (Wildman–Crippen LogP) is 3.93. The maximum Gasteiger partial charge on any atom is 0.435 e. The quantitative estimate of drug-likeness (QED) is 0.928. The van der Waals surface area contributed by atoms with Crippen molar-refractivity contribution < 1.29 is 27.8 Å². The van der Waals surface area contributed by atoms with Gasteiger partial charge in [-0.1, -0.05) is 0 Å². The first kappa shape index (κ1) is 15.3. The number of rotatable bonds is 4. The molecule has 0 unspecified atom stereocenters. The summed E-state index contributed by atoms with van der Waals surface area (Å²) in [4.78, 5) is 13.5. The molecule has 0 atom stereocenters. The third-order valence-corrected chi connectivity index (χ3v) is 3.59. The van der Waals surface area contributed by atoms with Crippen molar-refractivity contribution in [2.45, 2.75) is 13.1 Å². The van der Waals surface area contributed by atoms with Gasteiger partial charge >= 0.3 is 12.1 Å². The van der Waals surface area contributed by atoms with E-state index in [1.807, 2.05) is 6.92 Å². The molecule has 2 rings (SSSR count). The summed E-state index contributed by atoms with van der Waals surface area (Å²) >= 11 is 0.495. The molecule has 0 bridgehead atoms.